The molecule has 1 aromatic carbocycles. The topological polar surface area (TPSA) is 41.6 Å². The van der Waals surface area contributed by atoms with Gasteiger partial charge in [-0.1, -0.05) is 12.0 Å². The standard InChI is InChI=1S/C16H18F2N2O2/c1-4-10(2)20(3)16(21)19-14-7-8-22-15(14)11-5-6-12(17)13(18)9-11/h1,5-6,9-10,14-15H,7-8H2,2-3H3,(H,19,21)/t10-,14-,15-/m0/s1. The molecule has 2 rings (SSSR count). The zero-order chi connectivity index (χ0) is 16.3. The number of terminal acetylenes is 1. The molecule has 118 valence electrons. The normalized spacial score (nSPS) is 22.0. The average Bonchev–Trinajstić information content (AvgIpc) is 2.96. The van der Waals surface area contributed by atoms with Crippen molar-refractivity contribution in [3.63, 3.8) is 0 Å². The molecule has 1 N–H and O–H groups in total. The van der Waals surface area contributed by atoms with Crippen LogP contribution in [-0.2, 0) is 4.74 Å². The molecule has 0 spiro atoms. The van der Waals surface area contributed by atoms with Crippen molar-refractivity contribution >= 4 is 6.03 Å². The van der Waals surface area contributed by atoms with Gasteiger partial charge >= 0.3 is 6.03 Å². The lowest BCUT2D eigenvalue weighted by atomic mass is 10.0. The SMILES string of the molecule is C#C[C@H](C)N(C)C(=O)N[C@H]1CCO[C@H]1c1ccc(F)c(F)c1. The number of urea groups is 1. The summed E-state index contributed by atoms with van der Waals surface area (Å²) in [6, 6.07) is 2.62. The van der Waals surface area contributed by atoms with E-state index in [-0.39, 0.29) is 18.1 Å². The van der Waals surface area contributed by atoms with Gasteiger partial charge in [0.1, 0.15) is 6.10 Å². The number of nitrogens with one attached hydrogen (secondary N) is 1. The maximum absolute atomic E-state index is 13.4. The first-order valence-corrected chi connectivity index (χ1v) is 7.00. The van der Waals surface area contributed by atoms with E-state index in [4.69, 9.17) is 11.2 Å². The van der Waals surface area contributed by atoms with Gasteiger partial charge in [0, 0.05) is 13.7 Å². The third-order valence-corrected chi connectivity index (χ3v) is 3.82. The molecule has 4 nitrogen and oxygen atoms in total. The summed E-state index contributed by atoms with van der Waals surface area (Å²) in [5.74, 6) is 0.623. The van der Waals surface area contributed by atoms with E-state index in [1.165, 1.54) is 11.0 Å². The van der Waals surface area contributed by atoms with Crippen molar-refractivity contribution in [3.8, 4) is 12.3 Å². The van der Waals surface area contributed by atoms with Crippen LogP contribution in [0.1, 0.15) is 25.0 Å². The Labute approximate surface area is 128 Å². The molecule has 1 aliphatic heterocycles. The molecule has 1 fully saturated rings. The van der Waals surface area contributed by atoms with Gasteiger partial charge in [0.25, 0.3) is 0 Å². The Morgan fingerprint density at radius 2 is 2.23 bits per heavy atom. The Morgan fingerprint density at radius 1 is 1.50 bits per heavy atom. The van der Waals surface area contributed by atoms with E-state index in [0.717, 1.165) is 12.1 Å². The van der Waals surface area contributed by atoms with Crippen LogP contribution >= 0.6 is 0 Å². The fourth-order valence-electron chi connectivity index (χ4n) is 2.30. The molecule has 1 aromatic rings. The third-order valence-electron chi connectivity index (χ3n) is 3.82. The van der Waals surface area contributed by atoms with Crippen molar-refractivity contribution in [2.75, 3.05) is 13.7 Å². The van der Waals surface area contributed by atoms with E-state index in [1.807, 2.05) is 0 Å². The molecule has 1 saturated heterocycles. The van der Waals surface area contributed by atoms with Crippen LogP contribution < -0.4 is 5.32 Å². The molecule has 1 heterocycles. The van der Waals surface area contributed by atoms with Gasteiger partial charge < -0.3 is 15.0 Å². The Bertz CT molecular complexity index is 600. The summed E-state index contributed by atoms with van der Waals surface area (Å²) in [6.45, 7) is 2.17. The number of amides is 2. The number of nitrogens with zero attached hydrogens (tertiary/aromatic N) is 1. The van der Waals surface area contributed by atoms with Crippen molar-refractivity contribution in [2.24, 2.45) is 0 Å². The number of benzene rings is 1. The van der Waals surface area contributed by atoms with Crippen molar-refractivity contribution in [1.29, 1.82) is 0 Å². The van der Waals surface area contributed by atoms with E-state index in [0.29, 0.717) is 18.6 Å². The van der Waals surface area contributed by atoms with Crippen LogP contribution in [0.25, 0.3) is 0 Å². The Balaban J connectivity index is 2.09. The molecule has 0 aliphatic carbocycles. The highest BCUT2D eigenvalue weighted by Gasteiger charge is 2.32. The maximum Gasteiger partial charge on any atom is 0.318 e. The first-order chi connectivity index (χ1) is 10.4. The smallest absolute Gasteiger partial charge is 0.318 e. The van der Waals surface area contributed by atoms with Gasteiger partial charge in [-0.15, -0.1) is 6.42 Å². The minimum atomic E-state index is -0.934. The molecule has 3 atom stereocenters. The second kappa shape index (κ2) is 6.75. The van der Waals surface area contributed by atoms with Crippen LogP contribution in [0.4, 0.5) is 13.6 Å². The van der Waals surface area contributed by atoms with Crippen molar-refractivity contribution < 1.29 is 18.3 Å². The van der Waals surface area contributed by atoms with Gasteiger partial charge in [-0.2, -0.15) is 0 Å². The quantitative estimate of drug-likeness (QED) is 0.872. The van der Waals surface area contributed by atoms with Crippen LogP contribution in [0.15, 0.2) is 18.2 Å². The molecule has 22 heavy (non-hydrogen) atoms. The number of carbonyl (C=O) groups excluding carboxylic acids is 1. The second-order valence-corrected chi connectivity index (χ2v) is 5.26. The largest absolute Gasteiger partial charge is 0.371 e. The molecule has 0 radical (unpaired) electrons. The van der Waals surface area contributed by atoms with E-state index in [2.05, 4.69) is 11.2 Å². The number of halogens is 2. The number of carbonyl (C=O) groups is 1. The van der Waals surface area contributed by atoms with Gasteiger partial charge in [-0.25, -0.2) is 13.6 Å². The van der Waals surface area contributed by atoms with Crippen LogP contribution in [0.2, 0.25) is 0 Å². The highest BCUT2D eigenvalue weighted by molar-refractivity contribution is 5.75. The van der Waals surface area contributed by atoms with Gasteiger partial charge in [0.2, 0.25) is 0 Å². The fraction of sp³-hybridized carbons (Fsp3) is 0.438. The average molecular weight is 308 g/mol. The van der Waals surface area contributed by atoms with Gasteiger partial charge in [0.15, 0.2) is 11.6 Å². The summed E-state index contributed by atoms with van der Waals surface area (Å²) >= 11 is 0. The summed E-state index contributed by atoms with van der Waals surface area (Å²) in [4.78, 5) is 13.5. The second-order valence-electron chi connectivity index (χ2n) is 5.26. The maximum atomic E-state index is 13.4. The third kappa shape index (κ3) is 3.37. The van der Waals surface area contributed by atoms with Crippen LogP contribution in [0.5, 0.6) is 0 Å². The predicted octanol–water partition coefficient (Wildman–Crippen LogP) is 2.46. The van der Waals surface area contributed by atoms with Crippen LogP contribution in [0.3, 0.4) is 0 Å². The predicted molar refractivity (Wildman–Crippen MR) is 78.0 cm³/mol. The molecule has 6 heteroatoms. The molecule has 0 unspecified atom stereocenters. The Hall–Kier alpha value is -2.13. The summed E-state index contributed by atoms with van der Waals surface area (Å²) in [5, 5.41) is 2.83. The zero-order valence-electron chi connectivity index (χ0n) is 12.5. The summed E-state index contributed by atoms with van der Waals surface area (Å²) in [6.07, 6.45) is 5.38. The summed E-state index contributed by atoms with van der Waals surface area (Å²) in [7, 11) is 1.60. The molecule has 0 aromatic heterocycles. The molecule has 2 amide bonds. The first-order valence-electron chi connectivity index (χ1n) is 7.00. The highest BCUT2D eigenvalue weighted by Crippen LogP contribution is 2.30. The lowest BCUT2D eigenvalue weighted by Crippen LogP contribution is -2.47. The summed E-state index contributed by atoms with van der Waals surface area (Å²) < 4.78 is 31.9. The van der Waals surface area contributed by atoms with E-state index in [9.17, 15) is 13.6 Å². The van der Waals surface area contributed by atoms with Crippen molar-refractivity contribution in [1.82, 2.24) is 10.2 Å². The molecular weight excluding hydrogens is 290 g/mol. The Morgan fingerprint density at radius 3 is 2.86 bits per heavy atom. The fourth-order valence-corrected chi connectivity index (χ4v) is 2.30. The molecule has 0 saturated carbocycles. The van der Waals surface area contributed by atoms with E-state index < -0.39 is 17.7 Å². The van der Waals surface area contributed by atoms with E-state index in [1.54, 1.807) is 14.0 Å². The van der Waals surface area contributed by atoms with E-state index >= 15 is 0 Å². The number of hydrogen-bond donors (Lipinski definition) is 1. The summed E-state index contributed by atoms with van der Waals surface area (Å²) in [5.41, 5.74) is 0.495. The Kier molecular flexibility index (Phi) is 4.99. The van der Waals surface area contributed by atoms with Gasteiger partial charge in [0.05, 0.1) is 12.1 Å². The number of hydrogen-bond acceptors (Lipinski definition) is 2. The lowest BCUT2D eigenvalue weighted by molar-refractivity contribution is 0.0979. The van der Waals surface area contributed by atoms with Gasteiger partial charge in [-0.3, -0.25) is 0 Å². The first kappa shape index (κ1) is 16.2. The molecule has 0 bridgehead atoms. The van der Waals surface area contributed by atoms with Crippen molar-refractivity contribution in [2.45, 2.75) is 31.5 Å². The van der Waals surface area contributed by atoms with Crippen LogP contribution in [0, 0.1) is 24.0 Å². The number of ether oxygens (including phenoxy) is 1. The van der Waals surface area contributed by atoms with Crippen molar-refractivity contribution in [3.05, 3.63) is 35.4 Å². The zero-order valence-corrected chi connectivity index (χ0v) is 12.5. The molecular formula is C16H18F2N2O2. The minimum Gasteiger partial charge on any atom is -0.371 e. The minimum absolute atomic E-state index is 0.315. The highest BCUT2D eigenvalue weighted by atomic mass is 19.2. The monoisotopic (exact) mass is 308 g/mol. The van der Waals surface area contributed by atoms with Gasteiger partial charge in [-0.05, 0) is 31.0 Å². The number of rotatable bonds is 3. The van der Waals surface area contributed by atoms with Crippen LogP contribution in [-0.4, -0.2) is 36.7 Å². The molecule has 1 aliphatic rings. The lowest BCUT2D eigenvalue weighted by Gasteiger charge is -2.26.